The van der Waals surface area contributed by atoms with E-state index in [1.807, 2.05) is 20.8 Å². The van der Waals surface area contributed by atoms with Crippen molar-refractivity contribution in [3.05, 3.63) is 0 Å². The van der Waals surface area contributed by atoms with E-state index in [0.29, 0.717) is 0 Å². The molecule has 0 N–H and O–H groups in total. The third kappa shape index (κ3) is 1.48. The fourth-order valence-electron chi connectivity index (χ4n) is 2.55. The Labute approximate surface area is 105 Å². The van der Waals surface area contributed by atoms with Gasteiger partial charge in [0.05, 0.1) is 20.1 Å². The van der Waals surface area contributed by atoms with Gasteiger partial charge in [-0.25, -0.2) is 4.79 Å². The molecule has 2 saturated heterocycles. The monoisotopic (exact) mass is 255 g/mol. The molecule has 0 spiro atoms. The lowest BCUT2D eigenvalue weighted by molar-refractivity contribution is -0.160. The quantitative estimate of drug-likeness (QED) is 0.491. The number of ketones is 1. The fourth-order valence-corrected chi connectivity index (χ4v) is 2.55. The number of hydrogen-bond donors (Lipinski definition) is 0. The Balaban J connectivity index is 2.48. The molecule has 2 fully saturated rings. The van der Waals surface area contributed by atoms with Gasteiger partial charge in [0.1, 0.15) is 6.23 Å². The number of rotatable bonds is 1. The van der Waals surface area contributed by atoms with Gasteiger partial charge < -0.3 is 9.47 Å². The van der Waals surface area contributed by atoms with Crippen molar-refractivity contribution in [1.82, 2.24) is 4.90 Å². The molecule has 2 heterocycles. The molecule has 0 aromatic heterocycles. The van der Waals surface area contributed by atoms with Crippen molar-refractivity contribution >= 4 is 17.7 Å². The van der Waals surface area contributed by atoms with Crippen LogP contribution in [0.15, 0.2) is 0 Å². The van der Waals surface area contributed by atoms with Crippen molar-refractivity contribution in [3.63, 3.8) is 0 Å². The van der Waals surface area contributed by atoms with E-state index in [4.69, 9.17) is 4.74 Å². The van der Waals surface area contributed by atoms with Crippen molar-refractivity contribution in [2.24, 2.45) is 5.41 Å². The molecule has 0 aromatic rings. The van der Waals surface area contributed by atoms with Crippen LogP contribution in [-0.2, 0) is 23.9 Å². The fraction of sp³-hybridized carbons (Fsp3) is 0.750. The Bertz CT molecular complexity index is 425. The van der Waals surface area contributed by atoms with Crippen LogP contribution in [0.3, 0.4) is 0 Å². The Morgan fingerprint density at radius 3 is 2.56 bits per heavy atom. The summed E-state index contributed by atoms with van der Waals surface area (Å²) in [7, 11) is 1.20. The molecule has 2 atom stereocenters. The number of Topliss-reactive ketones (excluding diaryl/α,β-unsaturated/α-hetero) is 1. The van der Waals surface area contributed by atoms with Gasteiger partial charge in [-0.15, -0.1) is 0 Å². The zero-order chi connectivity index (χ0) is 13.7. The van der Waals surface area contributed by atoms with Gasteiger partial charge >= 0.3 is 5.97 Å². The first-order valence-corrected chi connectivity index (χ1v) is 5.80. The summed E-state index contributed by atoms with van der Waals surface area (Å²) in [4.78, 5) is 37.2. The maximum absolute atomic E-state index is 12.0. The summed E-state index contributed by atoms with van der Waals surface area (Å²) in [6, 6.07) is 0. The molecule has 0 radical (unpaired) electrons. The van der Waals surface area contributed by atoms with Crippen molar-refractivity contribution in [1.29, 1.82) is 0 Å². The zero-order valence-corrected chi connectivity index (χ0v) is 11.0. The number of fused-ring (bicyclic) bond motifs is 1. The van der Waals surface area contributed by atoms with Crippen molar-refractivity contribution < 1.29 is 23.9 Å². The van der Waals surface area contributed by atoms with Crippen LogP contribution in [0.5, 0.6) is 0 Å². The first-order chi connectivity index (χ1) is 8.25. The number of nitrogens with zero attached hydrogens (tertiary/aromatic N) is 1. The third-order valence-corrected chi connectivity index (χ3v) is 3.40. The van der Waals surface area contributed by atoms with Crippen LogP contribution in [0.2, 0.25) is 0 Å². The minimum atomic E-state index is -1.57. The third-order valence-electron chi connectivity index (χ3n) is 3.40. The normalized spacial score (nSPS) is 31.8. The summed E-state index contributed by atoms with van der Waals surface area (Å²) in [5, 5.41) is 0. The predicted octanol–water partition coefficient (Wildman–Crippen LogP) is 0.102. The highest BCUT2D eigenvalue weighted by molar-refractivity contribution is 6.21. The lowest BCUT2D eigenvalue weighted by atomic mass is 9.91. The van der Waals surface area contributed by atoms with E-state index < -0.39 is 23.5 Å². The van der Waals surface area contributed by atoms with E-state index in [0.717, 1.165) is 0 Å². The van der Waals surface area contributed by atoms with Crippen LogP contribution in [0, 0.1) is 5.41 Å². The van der Waals surface area contributed by atoms with Crippen LogP contribution >= 0.6 is 0 Å². The largest absolute Gasteiger partial charge is 0.467 e. The van der Waals surface area contributed by atoms with Gasteiger partial charge in [0.15, 0.2) is 5.78 Å². The van der Waals surface area contributed by atoms with Crippen LogP contribution in [0.25, 0.3) is 0 Å². The van der Waals surface area contributed by atoms with E-state index >= 15 is 0 Å². The van der Waals surface area contributed by atoms with Gasteiger partial charge in [-0.3, -0.25) is 14.5 Å². The molecule has 0 aliphatic carbocycles. The molecule has 6 heteroatoms. The maximum Gasteiger partial charge on any atom is 0.342 e. The van der Waals surface area contributed by atoms with E-state index in [-0.39, 0.29) is 24.3 Å². The summed E-state index contributed by atoms with van der Waals surface area (Å²) in [6.45, 7) is 5.55. The molecule has 6 nitrogen and oxygen atoms in total. The summed E-state index contributed by atoms with van der Waals surface area (Å²) >= 11 is 0. The van der Waals surface area contributed by atoms with Crippen LogP contribution in [0.1, 0.15) is 27.2 Å². The van der Waals surface area contributed by atoms with E-state index in [9.17, 15) is 14.4 Å². The topological polar surface area (TPSA) is 72.9 Å². The first kappa shape index (κ1) is 13.0. The number of carbonyl (C=O) groups excluding carboxylic acids is 3. The van der Waals surface area contributed by atoms with E-state index in [2.05, 4.69) is 4.74 Å². The molecule has 0 bridgehead atoms. The van der Waals surface area contributed by atoms with Gasteiger partial charge in [-0.2, -0.15) is 0 Å². The highest BCUT2D eigenvalue weighted by atomic mass is 16.6. The van der Waals surface area contributed by atoms with Crippen molar-refractivity contribution in [2.75, 3.05) is 13.7 Å². The molecule has 0 unspecified atom stereocenters. The van der Waals surface area contributed by atoms with Gasteiger partial charge in [0.25, 0.3) is 0 Å². The predicted molar refractivity (Wildman–Crippen MR) is 60.4 cm³/mol. The molecule has 18 heavy (non-hydrogen) atoms. The lowest BCUT2D eigenvalue weighted by Crippen LogP contribution is -2.57. The van der Waals surface area contributed by atoms with Crippen LogP contribution in [-0.4, -0.2) is 48.0 Å². The highest BCUT2D eigenvalue weighted by Crippen LogP contribution is 2.42. The summed E-state index contributed by atoms with van der Waals surface area (Å²) in [5.74, 6) is -1.53. The minimum Gasteiger partial charge on any atom is -0.467 e. The summed E-state index contributed by atoms with van der Waals surface area (Å²) in [5.41, 5.74) is -1.94. The SMILES string of the molecule is COC(=O)[C@]12CO[C@H](C(C)(C)C)N1C(=O)CC2=O. The molecule has 100 valence electrons. The number of carbonyl (C=O) groups is 3. The Kier molecular flexibility index (Phi) is 2.73. The number of methoxy groups -OCH3 is 1. The molecule has 2 rings (SSSR count). The molecular formula is C12H17NO5. The van der Waals surface area contributed by atoms with Crippen molar-refractivity contribution in [2.45, 2.75) is 39.0 Å². The van der Waals surface area contributed by atoms with Crippen LogP contribution < -0.4 is 0 Å². The highest BCUT2D eigenvalue weighted by Gasteiger charge is 2.66. The van der Waals surface area contributed by atoms with Gasteiger partial charge in [0, 0.05) is 5.41 Å². The smallest absolute Gasteiger partial charge is 0.342 e. The Morgan fingerprint density at radius 2 is 2.06 bits per heavy atom. The van der Waals surface area contributed by atoms with Crippen LogP contribution in [0.4, 0.5) is 0 Å². The second-order valence-corrected chi connectivity index (χ2v) is 5.74. The summed E-state index contributed by atoms with van der Waals surface area (Å²) < 4.78 is 10.2. The second kappa shape index (κ2) is 3.78. The Morgan fingerprint density at radius 1 is 1.44 bits per heavy atom. The minimum absolute atomic E-state index is 0.119. The second-order valence-electron chi connectivity index (χ2n) is 5.74. The molecule has 2 aliphatic rings. The van der Waals surface area contributed by atoms with Gasteiger partial charge in [0.2, 0.25) is 11.4 Å². The number of esters is 1. The molecular weight excluding hydrogens is 238 g/mol. The average Bonchev–Trinajstić information content (AvgIpc) is 2.77. The zero-order valence-electron chi connectivity index (χ0n) is 11.0. The average molecular weight is 255 g/mol. The molecule has 0 saturated carbocycles. The van der Waals surface area contributed by atoms with E-state index in [1.54, 1.807) is 0 Å². The molecule has 2 aliphatic heterocycles. The Hall–Kier alpha value is -1.43. The number of amides is 1. The summed E-state index contributed by atoms with van der Waals surface area (Å²) in [6.07, 6.45) is -0.846. The maximum atomic E-state index is 12.0. The molecule has 1 amide bonds. The van der Waals surface area contributed by atoms with Crippen molar-refractivity contribution in [3.8, 4) is 0 Å². The number of hydrogen-bond acceptors (Lipinski definition) is 5. The first-order valence-electron chi connectivity index (χ1n) is 5.80. The lowest BCUT2D eigenvalue weighted by Gasteiger charge is -2.35. The standard InChI is InChI=1S/C12H17NO5/c1-11(2,3)9-13-8(15)5-7(14)12(13,6-18-9)10(16)17-4/h9H,5-6H2,1-4H3/t9-,12-/m1/s1. The number of ether oxygens (including phenoxy) is 2. The van der Waals surface area contributed by atoms with E-state index in [1.165, 1.54) is 12.0 Å². The van der Waals surface area contributed by atoms with Gasteiger partial charge in [-0.05, 0) is 0 Å². The molecule has 0 aromatic carbocycles. The van der Waals surface area contributed by atoms with Gasteiger partial charge in [-0.1, -0.05) is 20.8 Å².